The number of rotatable bonds is 8. The number of thiazole rings is 1. The molecule has 0 saturated carbocycles. The molecule has 4 aromatic rings. The number of halogens is 2. The molecule has 3 aromatic heterocycles. The van der Waals surface area contributed by atoms with Gasteiger partial charge in [0.25, 0.3) is 15.9 Å². The molecule has 9 nitrogen and oxygen atoms in total. The van der Waals surface area contributed by atoms with Crippen LogP contribution in [0.4, 0.5) is 10.8 Å². The number of pyridine rings is 1. The lowest BCUT2D eigenvalue weighted by Gasteiger charge is -2.09. The second-order valence-corrected chi connectivity index (χ2v) is 12.6. The predicted molar refractivity (Wildman–Crippen MR) is 147 cm³/mol. The van der Waals surface area contributed by atoms with E-state index in [9.17, 15) is 18.0 Å². The van der Waals surface area contributed by atoms with Gasteiger partial charge in [0.2, 0.25) is 5.91 Å². The van der Waals surface area contributed by atoms with Crippen LogP contribution in [0.3, 0.4) is 0 Å². The van der Waals surface area contributed by atoms with Crippen molar-refractivity contribution in [2.24, 2.45) is 0 Å². The molecule has 0 unspecified atom stereocenters. The van der Waals surface area contributed by atoms with Crippen molar-refractivity contribution < 1.29 is 18.0 Å². The molecule has 3 N–H and O–H groups in total. The van der Waals surface area contributed by atoms with E-state index in [1.807, 2.05) is 0 Å². The molecule has 192 valence electrons. The van der Waals surface area contributed by atoms with Crippen LogP contribution in [0.15, 0.2) is 52.9 Å². The molecule has 0 spiro atoms. The Balaban J connectivity index is 1.48. The Morgan fingerprint density at radius 2 is 1.78 bits per heavy atom. The molecule has 0 radical (unpaired) electrons. The van der Waals surface area contributed by atoms with Gasteiger partial charge in [-0.1, -0.05) is 34.5 Å². The van der Waals surface area contributed by atoms with Crippen LogP contribution >= 0.6 is 45.9 Å². The number of nitrogens with zero attached hydrogens (tertiary/aromatic N) is 2. The van der Waals surface area contributed by atoms with Crippen LogP contribution in [0.5, 0.6) is 0 Å². The van der Waals surface area contributed by atoms with Crippen molar-refractivity contribution >= 4 is 78.5 Å². The number of aryl methyl sites for hydroxylation is 1. The van der Waals surface area contributed by atoms with Gasteiger partial charge >= 0.3 is 0 Å². The number of hydrogen-bond donors (Lipinski definition) is 3. The molecule has 0 fully saturated rings. The number of anilines is 2. The fourth-order valence-corrected chi connectivity index (χ4v) is 6.85. The number of thiophene rings is 1. The van der Waals surface area contributed by atoms with Crippen LogP contribution < -0.4 is 15.4 Å². The zero-order chi connectivity index (χ0) is 26.7. The molecule has 0 bridgehead atoms. The van der Waals surface area contributed by atoms with E-state index in [2.05, 4.69) is 25.3 Å². The second kappa shape index (κ2) is 11.2. The van der Waals surface area contributed by atoms with E-state index in [4.69, 9.17) is 23.2 Å². The van der Waals surface area contributed by atoms with Gasteiger partial charge in [-0.2, -0.15) is 0 Å². The van der Waals surface area contributed by atoms with Crippen molar-refractivity contribution in [3.63, 3.8) is 0 Å². The number of carbonyl (C=O) groups excluding carboxylic acids is 2. The zero-order valence-corrected chi connectivity index (χ0v) is 23.3. The summed E-state index contributed by atoms with van der Waals surface area (Å²) < 4.78 is 28.6. The molecule has 0 aliphatic rings. The summed E-state index contributed by atoms with van der Waals surface area (Å²) in [5.41, 5.74) is 1.78. The first-order valence-electron chi connectivity index (χ1n) is 10.6. The molecule has 0 atom stereocenters. The Bertz CT molecular complexity index is 1580. The SMILES string of the molecule is CC(=O)Nc1nc(C)c(-c2cnc(Cl)c(NS(=O)(=O)c3ccc(CNC(=O)c4ccc(Cl)cc4)s3)c2)s1. The van der Waals surface area contributed by atoms with Crippen molar-refractivity contribution in [1.82, 2.24) is 15.3 Å². The maximum Gasteiger partial charge on any atom is 0.271 e. The van der Waals surface area contributed by atoms with E-state index >= 15 is 0 Å². The first-order chi connectivity index (χ1) is 17.5. The Labute approximate surface area is 230 Å². The smallest absolute Gasteiger partial charge is 0.271 e. The van der Waals surface area contributed by atoms with Gasteiger partial charge in [-0.05, 0) is 49.4 Å². The first kappa shape index (κ1) is 27.0. The Morgan fingerprint density at radius 3 is 2.49 bits per heavy atom. The Morgan fingerprint density at radius 1 is 1.05 bits per heavy atom. The molecular weight excluding hydrogens is 577 g/mol. The maximum atomic E-state index is 13.1. The average molecular weight is 597 g/mol. The average Bonchev–Trinajstić information content (AvgIpc) is 3.46. The zero-order valence-electron chi connectivity index (χ0n) is 19.3. The third-order valence-electron chi connectivity index (χ3n) is 4.86. The van der Waals surface area contributed by atoms with Gasteiger partial charge in [0.05, 0.1) is 22.8 Å². The summed E-state index contributed by atoms with van der Waals surface area (Å²) in [5, 5.41) is 6.31. The van der Waals surface area contributed by atoms with Gasteiger partial charge in [0.1, 0.15) is 4.21 Å². The number of amides is 2. The van der Waals surface area contributed by atoms with Crippen molar-refractivity contribution in [1.29, 1.82) is 0 Å². The summed E-state index contributed by atoms with van der Waals surface area (Å²) in [5.74, 6) is -0.551. The van der Waals surface area contributed by atoms with Crippen molar-refractivity contribution in [3.8, 4) is 10.4 Å². The molecule has 0 aliphatic heterocycles. The fraction of sp³-hybridized carbons (Fsp3) is 0.130. The van der Waals surface area contributed by atoms with Gasteiger partial charge < -0.3 is 10.6 Å². The van der Waals surface area contributed by atoms with E-state index in [0.29, 0.717) is 36.7 Å². The number of aromatic nitrogens is 2. The molecule has 1 aromatic carbocycles. The van der Waals surface area contributed by atoms with Gasteiger partial charge in [0, 0.05) is 34.1 Å². The van der Waals surface area contributed by atoms with Gasteiger partial charge in [-0.3, -0.25) is 14.3 Å². The van der Waals surface area contributed by atoms with Crippen LogP contribution in [0.1, 0.15) is 27.9 Å². The molecule has 0 saturated heterocycles. The minimum Gasteiger partial charge on any atom is -0.347 e. The molecule has 37 heavy (non-hydrogen) atoms. The molecule has 4 rings (SSSR count). The van der Waals surface area contributed by atoms with Gasteiger partial charge in [-0.25, -0.2) is 18.4 Å². The summed E-state index contributed by atoms with van der Waals surface area (Å²) in [6.45, 7) is 3.31. The third-order valence-corrected chi connectivity index (χ3v) is 9.47. The van der Waals surface area contributed by atoms with E-state index in [-0.39, 0.29) is 33.4 Å². The first-order valence-corrected chi connectivity index (χ1v) is 14.5. The maximum absolute atomic E-state index is 13.1. The fourth-order valence-electron chi connectivity index (χ4n) is 3.18. The summed E-state index contributed by atoms with van der Waals surface area (Å²) in [7, 11) is -3.98. The second-order valence-electron chi connectivity index (χ2n) is 7.69. The summed E-state index contributed by atoms with van der Waals surface area (Å²) in [6.07, 6.45) is 1.50. The number of benzene rings is 1. The molecule has 14 heteroatoms. The van der Waals surface area contributed by atoms with Crippen molar-refractivity contribution in [2.75, 3.05) is 10.0 Å². The number of sulfonamides is 1. The highest BCUT2D eigenvalue weighted by atomic mass is 35.5. The summed E-state index contributed by atoms with van der Waals surface area (Å²) in [4.78, 5) is 33.4. The number of hydrogen-bond acceptors (Lipinski definition) is 8. The largest absolute Gasteiger partial charge is 0.347 e. The van der Waals surface area contributed by atoms with Crippen LogP contribution in [-0.2, 0) is 21.4 Å². The van der Waals surface area contributed by atoms with Gasteiger partial charge in [-0.15, -0.1) is 11.3 Å². The Hall–Kier alpha value is -3.03. The van der Waals surface area contributed by atoms with Crippen molar-refractivity contribution in [3.05, 3.63) is 75.0 Å². The quantitative estimate of drug-likeness (QED) is 0.228. The highest BCUT2D eigenvalue weighted by Gasteiger charge is 2.21. The van der Waals surface area contributed by atoms with Crippen LogP contribution in [-0.4, -0.2) is 30.2 Å². The van der Waals surface area contributed by atoms with Crippen LogP contribution in [0.25, 0.3) is 10.4 Å². The van der Waals surface area contributed by atoms with Crippen LogP contribution in [0.2, 0.25) is 10.2 Å². The lowest BCUT2D eigenvalue weighted by Crippen LogP contribution is -2.22. The number of carbonyl (C=O) groups is 2. The summed E-state index contributed by atoms with van der Waals surface area (Å²) >= 11 is 14.3. The third kappa shape index (κ3) is 6.65. The van der Waals surface area contributed by atoms with Gasteiger partial charge in [0.15, 0.2) is 10.3 Å². The highest BCUT2D eigenvalue weighted by Crippen LogP contribution is 2.36. The highest BCUT2D eigenvalue weighted by molar-refractivity contribution is 7.94. The number of nitrogens with one attached hydrogen (secondary N) is 3. The van der Waals surface area contributed by atoms with Crippen LogP contribution in [0, 0.1) is 6.92 Å². The molecule has 3 heterocycles. The topological polar surface area (TPSA) is 130 Å². The van der Waals surface area contributed by atoms with E-state index < -0.39 is 10.0 Å². The molecule has 0 aliphatic carbocycles. The molecular formula is C23H19Cl2N5O4S3. The van der Waals surface area contributed by atoms with E-state index in [0.717, 1.165) is 11.3 Å². The normalized spacial score (nSPS) is 11.2. The van der Waals surface area contributed by atoms with E-state index in [1.165, 1.54) is 30.5 Å². The monoisotopic (exact) mass is 595 g/mol. The standard InChI is InChI=1S/C23H19Cl2N5O4S3/c1-12-20(36-23(28-12)29-13(2)31)15-9-18(21(25)26-10-15)30-37(33,34)19-8-7-17(35-19)11-27-22(32)14-3-5-16(24)6-4-14/h3-10,30H,11H2,1-2H3,(H,27,32)(H,28,29,31). The Kier molecular flexibility index (Phi) is 8.14. The summed E-state index contributed by atoms with van der Waals surface area (Å²) in [6, 6.07) is 11.1. The minimum absolute atomic E-state index is 0.0245. The lowest BCUT2D eigenvalue weighted by atomic mass is 10.2. The van der Waals surface area contributed by atoms with E-state index in [1.54, 1.807) is 43.3 Å². The lowest BCUT2D eigenvalue weighted by molar-refractivity contribution is -0.114. The minimum atomic E-state index is -3.98. The van der Waals surface area contributed by atoms with Crippen molar-refractivity contribution in [2.45, 2.75) is 24.6 Å². The molecule has 2 amide bonds. The predicted octanol–water partition coefficient (Wildman–Crippen LogP) is 5.57.